The van der Waals surface area contributed by atoms with E-state index in [-0.39, 0.29) is 5.92 Å². The highest BCUT2D eigenvalue weighted by Gasteiger charge is 2.12. The lowest BCUT2D eigenvalue weighted by atomic mass is 9.98. The van der Waals surface area contributed by atoms with Crippen LogP contribution in [0.3, 0.4) is 0 Å². The van der Waals surface area contributed by atoms with E-state index in [1.165, 1.54) is 0 Å². The lowest BCUT2D eigenvalue weighted by molar-refractivity contribution is 0.127. The number of aliphatic hydroxyl groups excluding tert-OH is 1. The van der Waals surface area contributed by atoms with Crippen molar-refractivity contribution in [3.63, 3.8) is 0 Å². The Bertz CT molecular complexity index is 294. The molecule has 0 saturated carbocycles. The van der Waals surface area contributed by atoms with Crippen LogP contribution >= 0.6 is 11.6 Å². The van der Waals surface area contributed by atoms with E-state index in [1.807, 2.05) is 39.0 Å². The Hall–Kier alpha value is -0.530. The van der Waals surface area contributed by atoms with E-state index < -0.39 is 6.10 Å². The highest BCUT2D eigenvalue weighted by molar-refractivity contribution is 6.31. The third-order valence-electron chi connectivity index (χ3n) is 2.17. The Morgan fingerprint density at radius 2 is 1.92 bits per heavy atom. The molecule has 1 N–H and O–H groups in total. The molecule has 0 amide bonds. The molecule has 2 heteroatoms. The lowest BCUT2D eigenvalue weighted by Crippen LogP contribution is -2.05. The van der Waals surface area contributed by atoms with E-state index in [1.54, 1.807) is 0 Å². The zero-order valence-corrected chi connectivity index (χ0v) is 8.97. The largest absolute Gasteiger partial charge is 0.388 e. The molecule has 1 rings (SSSR count). The Morgan fingerprint density at radius 3 is 2.38 bits per heavy atom. The zero-order valence-electron chi connectivity index (χ0n) is 8.21. The van der Waals surface area contributed by atoms with Crippen molar-refractivity contribution >= 4 is 11.6 Å². The molecule has 1 unspecified atom stereocenters. The Morgan fingerprint density at radius 1 is 1.31 bits per heavy atom. The van der Waals surface area contributed by atoms with Crippen molar-refractivity contribution in [1.29, 1.82) is 0 Å². The summed E-state index contributed by atoms with van der Waals surface area (Å²) in [5, 5.41) is 10.5. The molecule has 0 fully saturated rings. The third-order valence-corrected chi connectivity index (χ3v) is 2.58. The summed E-state index contributed by atoms with van der Waals surface area (Å²) in [5.74, 6) is 0.221. The van der Waals surface area contributed by atoms with Crippen LogP contribution in [0.4, 0.5) is 0 Å². The summed E-state index contributed by atoms with van der Waals surface area (Å²) in [4.78, 5) is 0. The number of rotatable bonds is 2. The summed E-state index contributed by atoms with van der Waals surface area (Å²) < 4.78 is 0. The van der Waals surface area contributed by atoms with Gasteiger partial charge in [0.25, 0.3) is 0 Å². The molecule has 0 aliphatic heterocycles. The van der Waals surface area contributed by atoms with Crippen LogP contribution in [0.5, 0.6) is 0 Å². The van der Waals surface area contributed by atoms with Crippen LogP contribution in [0.2, 0.25) is 5.02 Å². The first-order valence-corrected chi connectivity index (χ1v) is 4.84. The number of hydrogen-bond acceptors (Lipinski definition) is 1. The van der Waals surface area contributed by atoms with Crippen LogP contribution < -0.4 is 0 Å². The molecule has 0 aliphatic carbocycles. The van der Waals surface area contributed by atoms with Gasteiger partial charge in [0.05, 0.1) is 6.10 Å². The molecule has 0 heterocycles. The van der Waals surface area contributed by atoms with Crippen molar-refractivity contribution in [2.24, 2.45) is 5.92 Å². The first kappa shape index (κ1) is 10.6. The molecule has 1 aromatic carbocycles. The molecule has 0 aliphatic rings. The predicted molar refractivity (Wildman–Crippen MR) is 56.0 cm³/mol. The fraction of sp³-hybridized carbons (Fsp3) is 0.455. The fourth-order valence-electron chi connectivity index (χ4n) is 1.18. The highest BCUT2D eigenvalue weighted by atomic mass is 35.5. The maximum absolute atomic E-state index is 9.75. The minimum atomic E-state index is -0.418. The van der Waals surface area contributed by atoms with Crippen LogP contribution in [0.25, 0.3) is 0 Å². The van der Waals surface area contributed by atoms with E-state index in [0.717, 1.165) is 16.1 Å². The van der Waals surface area contributed by atoms with E-state index in [9.17, 15) is 5.11 Å². The number of halogens is 1. The van der Waals surface area contributed by atoms with Gasteiger partial charge in [-0.2, -0.15) is 0 Å². The van der Waals surface area contributed by atoms with Gasteiger partial charge in [-0.1, -0.05) is 37.6 Å². The van der Waals surface area contributed by atoms with Gasteiger partial charge in [-0.05, 0) is 30.0 Å². The van der Waals surface area contributed by atoms with Gasteiger partial charge in [0.15, 0.2) is 0 Å². The van der Waals surface area contributed by atoms with Gasteiger partial charge < -0.3 is 5.11 Å². The molecule has 1 aromatic rings. The predicted octanol–water partition coefficient (Wildman–Crippen LogP) is 3.34. The van der Waals surface area contributed by atoms with Gasteiger partial charge in [0.1, 0.15) is 0 Å². The summed E-state index contributed by atoms with van der Waals surface area (Å²) in [5.41, 5.74) is 1.94. The Balaban J connectivity index is 2.97. The third kappa shape index (κ3) is 2.45. The molecule has 0 aromatic heterocycles. The quantitative estimate of drug-likeness (QED) is 0.773. The van der Waals surface area contributed by atoms with Crippen molar-refractivity contribution in [2.45, 2.75) is 26.9 Å². The van der Waals surface area contributed by atoms with Crippen molar-refractivity contribution in [1.82, 2.24) is 0 Å². The van der Waals surface area contributed by atoms with Gasteiger partial charge in [-0.25, -0.2) is 0 Å². The number of hydrogen-bond donors (Lipinski definition) is 1. The average molecular weight is 199 g/mol. The van der Waals surface area contributed by atoms with Crippen LogP contribution in [0.1, 0.15) is 31.1 Å². The standard InChI is InChI=1S/C11H15ClO/c1-7(2)11(13)9-5-4-8(3)10(12)6-9/h4-7,11,13H,1-3H3. The van der Waals surface area contributed by atoms with Crippen molar-refractivity contribution in [2.75, 3.05) is 0 Å². The minimum Gasteiger partial charge on any atom is -0.388 e. The normalized spacial score (nSPS) is 13.4. The number of aryl methyl sites for hydroxylation is 1. The maximum atomic E-state index is 9.75. The van der Waals surface area contributed by atoms with Crippen LogP contribution in [0.15, 0.2) is 18.2 Å². The minimum absolute atomic E-state index is 0.221. The molecular formula is C11H15ClO. The summed E-state index contributed by atoms with van der Waals surface area (Å²) >= 11 is 5.95. The second-order valence-corrected chi connectivity index (χ2v) is 4.10. The van der Waals surface area contributed by atoms with Crippen LogP contribution in [-0.2, 0) is 0 Å². The molecule has 13 heavy (non-hydrogen) atoms. The molecule has 72 valence electrons. The van der Waals surface area contributed by atoms with Crippen LogP contribution in [-0.4, -0.2) is 5.11 Å². The van der Waals surface area contributed by atoms with E-state index in [2.05, 4.69) is 0 Å². The SMILES string of the molecule is Cc1ccc(C(O)C(C)C)cc1Cl. The molecule has 1 atom stereocenters. The molecule has 1 nitrogen and oxygen atoms in total. The molecule has 0 radical (unpaired) electrons. The van der Waals surface area contributed by atoms with Gasteiger partial charge in [0.2, 0.25) is 0 Å². The van der Waals surface area contributed by atoms with E-state index in [0.29, 0.717) is 0 Å². The van der Waals surface area contributed by atoms with Crippen molar-refractivity contribution in [3.8, 4) is 0 Å². The Labute approximate surface area is 84.4 Å². The van der Waals surface area contributed by atoms with Gasteiger partial charge >= 0.3 is 0 Å². The second-order valence-electron chi connectivity index (χ2n) is 3.70. The van der Waals surface area contributed by atoms with E-state index >= 15 is 0 Å². The fourth-order valence-corrected chi connectivity index (χ4v) is 1.37. The first-order chi connectivity index (χ1) is 6.02. The monoisotopic (exact) mass is 198 g/mol. The zero-order chi connectivity index (χ0) is 10.0. The van der Waals surface area contributed by atoms with Crippen molar-refractivity contribution < 1.29 is 5.11 Å². The van der Waals surface area contributed by atoms with Crippen molar-refractivity contribution in [3.05, 3.63) is 34.3 Å². The van der Waals surface area contributed by atoms with Gasteiger partial charge in [-0.3, -0.25) is 0 Å². The lowest BCUT2D eigenvalue weighted by Gasteiger charge is -2.15. The molecule has 0 spiro atoms. The molecule has 0 saturated heterocycles. The van der Waals surface area contributed by atoms with Gasteiger partial charge in [0, 0.05) is 5.02 Å². The smallest absolute Gasteiger partial charge is 0.0813 e. The second kappa shape index (κ2) is 4.12. The number of benzene rings is 1. The summed E-state index contributed by atoms with van der Waals surface area (Å²) in [7, 11) is 0. The first-order valence-electron chi connectivity index (χ1n) is 4.46. The Kier molecular flexibility index (Phi) is 3.34. The molecular weight excluding hydrogens is 184 g/mol. The summed E-state index contributed by atoms with van der Waals surface area (Å²) in [6.07, 6.45) is -0.418. The average Bonchev–Trinajstić information content (AvgIpc) is 2.08. The summed E-state index contributed by atoms with van der Waals surface area (Å²) in [6, 6.07) is 5.69. The maximum Gasteiger partial charge on any atom is 0.0813 e. The topological polar surface area (TPSA) is 20.2 Å². The number of aliphatic hydroxyl groups is 1. The molecule has 0 bridgehead atoms. The van der Waals surface area contributed by atoms with Crippen LogP contribution in [0, 0.1) is 12.8 Å². The van der Waals surface area contributed by atoms with Gasteiger partial charge in [-0.15, -0.1) is 0 Å². The highest BCUT2D eigenvalue weighted by Crippen LogP contribution is 2.25. The van der Waals surface area contributed by atoms with E-state index in [4.69, 9.17) is 11.6 Å². The summed E-state index contributed by atoms with van der Waals surface area (Å²) in [6.45, 7) is 5.92.